The van der Waals surface area contributed by atoms with Crippen LogP contribution in [0.2, 0.25) is 0 Å². The number of hydrogen-bond donors (Lipinski definition) is 2. The molecule has 1 amide bonds. The lowest BCUT2D eigenvalue weighted by atomic mass is 10.2. The Morgan fingerprint density at radius 2 is 2.41 bits per heavy atom. The van der Waals surface area contributed by atoms with Crippen molar-refractivity contribution >= 4 is 27.3 Å². The molecule has 1 fully saturated rings. The van der Waals surface area contributed by atoms with Gasteiger partial charge in [-0.15, -0.1) is 11.3 Å². The molecular weight excluding hydrogens is 324 g/mol. The number of nitrogens with zero attached hydrogens (tertiary/aromatic N) is 2. The second-order valence-electron chi connectivity index (χ2n) is 4.96. The SMILES string of the molecule is O=C(NCc1ncc[nH]1)[C@@H]1CCCN1S(=O)(=O)c1cccs1. The maximum Gasteiger partial charge on any atom is 0.253 e. The first-order valence-electron chi connectivity index (χ1n) is 6.90. The Morgan fingerprint density at radius 1 is 1.55 bits per heavy atom. The van der Waals surface area contributed by atoms with Gasteiger partial charge in [-0.1, -0.05) is 6.07 Å². The van der Waals surface area contributed by atoms with Crippen molar-refractivity contribution in [2.75, 3.05) is 6.54 Å². The first-order valence-corrected chi connectivity index (χ1v) is 9.22. The normalized spacial score (nSPS) is 19.4. The zero-order chi connectivity index (χ0) is 15.6. The second kappa shape index (κ2) is 6.19. The number of aromatic nitrogens is 2. The maximum absolute atomic E-state index is 12.6. The van der Waals surface area contributed by atoms with Gasteiger partial charge in [0.15, 0.2) is 0 Å². The van der Waals surface area contributed by atoms with Crippen molar-refractivity contribution in [2.45, 2.75) is 29.6 Å². The minimum atomic E-state index is -3.59. The molecule has 2 N–H and O–H groups in total. The number of H-pyrrole nitrogens is 1. The van der Waals surface area contributed by atoms with Crippen molar-refractivity contribution in [3.63, 3.8) is 0 Å². The number of thiophene rings is 1. The fraction of sp³-hybridized carbons (Fsp3) is 0.385. The lowest BCUT2D eigenvalue weighted by Gasteiger charge is -2.22. The fourth-order valence-corrected chi connectivity index (χ4v) is 5.27. The molecular formula is C13H16N4O3S2. The van der Waals surface area contributed by atoms with Gasteiger partial charge in [0.25, 0.3) is 10.0 Å². The van der Waals surface area contributed by atoms with E-state index in [2.05, 4.69) is 15.3 Å². The molecule has 118 valence electrons. The summed E-state index contributed by atoms with van der Waals surface area (Å²) in [6.45, 7) is 0.633. The third-order valence-electron chi connectivity index (χ3n) is 3.55. The topological polar surface area (TPSA) is 95.2 Å². The Kier molecular flexibility index (Phi) is 4.27. The van der Waals surface area contributed by atoms with Gasteiger partial charge in [-0.05, 0) is 24.3 Å². The summed E-state index contributed by atoms with van der Waals surface area (Å²) in [6.07, 6.45) is 4.49. The standard InChI is InChI=1S/C13H16N4O3S2/c18-13(16-9-11-14-5-6-15-11)10-3-1-7-17(10)22(19,20)12-4-2-8-21-12/h2,4-6,8,10H,1,3,7,9H2,(H,14,15)(H,16,18)/t10-/m0/s1. The predicted octanol–water partition coefficient (Wildman–Crippen LogP) is 0.941. The number of aromatic amines is 1. The summed E-state index contributed by atoms with van der Waals surface area (Å²) < 4.78 is 26.7. The number of amides is 1. The minimum Gasteiger partial charge on any atom is -0.347 e. The van der Waals surface area contributed by atoms with Crippen LogP contribution in [-0.4, -0.2) is 41.2 Å². The number of imidazole rings is 1. The molecule has 2 aromatic rings. The van der Waals surface area contributed by atoms with Gasteiger partial charge in [0.1, 0.15) is 16.1 Å². The molecule has 2 aromatic heterocycles. The summed E-state index contributed by atoms with van der Waals surface area (Å²) in [5.74, 6) is 0.355. The van der Waals surface area contributed by atoms with Crippen LogP contribution in [0.5, 0.6) is 0 Å². The predicted molar refractivity (Wildman–Crippen MR) is 81.7 cm³/mol. The molecule has 7 nitrogen and oxygen atoms in total. The highest BCUT2D eigenvalue weighted by Crippen LogP contribution is 2.28. The van der Waals surface area contributed by atoms with Crippen LogP contribution >= 0.6 is 11.3 Å². The highest BCUT2D eigenvalue weighted by atomic mass is 32.2. The molecule has 1 saturated heterocycles. The fourth-order valence-electron chi connectivity index (χ4n) is 2.50. The number of rotatable bonds is 5. The van der Waals surface area contributed by atoms with E-state index in [9.17, 15) is 13.2 Å². The Balaban J connectivity index is 1.71. The summed E-state index contributed by atoms with van der Waals surface area (Å²) in [5, 5.41) is 4.46. The molecule has 22 heavy (non-hydrogen) atoms. The molecule has 0 radical (unpaired) electrons. The lowest BCUT2D eigenvalue weighted by molar-refractivity contribution is -0.124. The van der Waals surface area contributed by atoms with E-state index in [1.54, 1.807) is 29.9 Å². The van der Waals surface area contributed by atoms with Gasteiger partial charge in [-0.3, -0.25) is 4.79 Å². The maximum atomic E-state index is 12.6. The van der Waals surface area contributed by atoms with Crippen molar-refractivity contribution in [1.29, 1.82) is 0 Å². The molecule has 0 aliphatic carbocycles. The van der Waals surface area contributed by atoms with Gasteiger partial charge in [0.05, 0.1) is 6.54 Å². The molecule has 0 saturated carbocycles. The van der Waals surface area contributed by atoms with Gasteiger partial charge in [-0.2, -0.15) is 4.31 Å². The molecule has 0 spiro atoms. The van der Waals surface area contributed by atoms with E-state index >= 15 is 0 Å². The Bertz CT molecular complexity index is 725. The Labute approximate surface area is 132 Å². The molecule has 1 aliphatic heterocycles. The van der Waals surface area contributed by atoms with Crippen LogP contribution in [0.15, 0.2) is 34.1 Å². The zero-order valence-electron chi connectivity index (χ0n) is 11.7. The van der Waals surface area contributed by atoms with Crippen molar-refractivity contribution < 1.29 is 13.2 Å². The average molecular weight is 340 g/mol. The average Bonchev–Trinajstić information content (AvgIpc) is 3.26. The van der Waals surface area contributed by atoms with Gasteiger partial charge < -0.3 is 10.3 Å². The van der Waals surface area contributed by atoms with E-state index < -0.39 is 16.1 Å². The number of carbonyl (C=O) groups excluding carboxylic acids is 1. The van der Waals surface area contributed by atoms with Crippen LogP contribution in [-0.2, 0) is 21.4 Å². The van der Waals surface area contributed by atoms with Crippen LogP contribution in [0.25, 0.3) is 0 Å². The molecule has 0 aromatic carbocycles. The molecule has 0 bridgehead atoms. The monoisotopic (exact) mass is 340 g/mol. The van der Waals surface area contributed by atoms with E-state index in [1.807, 2.05) is 0 Å². The number of sulfonamides is 1. The van der Waals surface area contributed by atoms with Crippen molar-refractivity contribution in [3.8, 4) is 0 Å². The highest BCUT2D eigenvalue weighted by molar-refractivity contribution is 7.91. The van der Waals surface area contributed by atoms with Crippen molar-refractivity contribution in [1.82, 2.24) is 19.6 Å². The third kappa shape index (κ3) is 2.92. The molecule has 1 aliphatic rings. The van der Waals surface area contributed by atoms with Crippen LogP contribution in [0.3, 0.4) is 0 Å². The molecule has 9 heteroatoms. The number of carbonyl (C=O) groups is 1. The first kappa shape index (κ1) is 15.2. The zero-order valence-corrected chi connectivity index (χ0v) is 13.4. The van der Waals surface area contributed by atoms with E-state index in [1.165, 1.54) is 15.6 Å². The smallest absolute Gasteiger partial charge is 0.253 e. The second-order valence-corrected chi connectivity index (χ2v) is 8.02. The van der Waals surface area contributed by atoms with E-state index in [4.69, 9.17) is 0 Å². The third-order valence-corrected chi connectivity index (χ3v) is 6.83. The number of nitrogens with one attached hydrogen (secondary N) is 2. The van der Waals surface area contributed by atoms with Gasteiger partial charge in [0, 0.05) is 18.9 Å². The minimum absolute atomic E-state index is 0.259. The summed E-state index contributed by atoms with van der Waals surface area (Å²) >= 11 is 1.17. The largest absolute Gasteiger partial charge is 0.347 e. The van der Waals surface area contributed by atoms with Crippen LogP contribution in [0.4, 0.5) is 0 Å². The molecule has 1 atom stereocenters. The summed E-state index contributed by atoms with van der Waals surface area (Å²) in [7, 11) is -3.59. The summed E-state index contributed by atoms with van der Waals surface area (Å²) in [6, 6.07) is 2.61. The lowest BCUT2D eigenvalue weighted by Crippen LogP contribution is -2.45. The quantitative estimate of drug-likeness (QED) is 0.847. The summed E-state index contributed by atoms with van der Waals surface area (Å²) in [4.78, 5) is 19.2. The molecule has 3 rings (SSSR count). The summed E-state index contributed by atoms with van der Waals surface area (Å²) in [5.41, 5.74) is 0. The highest BCUT2D eigenvalue weighted by Gasteiger charge is 2.39. The van der Waals surface area contributed by atoms with Gasteiger partial charge in [0.2, 0.25) is 5.91 Å². The molecule has 3 heterocycles. The number of hydrogen-bond acceptors (Lipinski definition) is 5. The Morgan fingerprint density at radius 3 is 3.09 bits per heavy atom. The van der Waals surface area contributed by atoms with Crippen LogP contribution in [0.1, 0.15) is 18.7 Å². The van der Waals surface area contributed by atoms with Crippen LogP contribution in [0, 0.1) is 0 Å². The van der Waals surface area contributed by atoms with Crippen LogP contribution < -0.4 is 5.32 Å². The van der Waals surface area contributed by atoms with Gasteiger partial charge >= 0.3 is 0 Å². The van der Waals surface area contributed by atoms with Crippen molar-refractivity contribution in [3.05, 3.63) is 35.7 Å². The van der Waals surface area contributed by atoms with E-state index in [-0.39, 0.29) is 16.7 Å². The first-order chi connectivity index (χ1) is 10.6. The van der Waals surface area contributed by atoms with Crippen molar-refractivity contribution in [2.24, 2.45) is 0 Å². The van der Waals surface area contributed by atoms with E-state index in [0.717, 1.165) is 0 Å². The molecule has 0 unspecified atom stereocenters. The van der Waals surface area contributed by atoms with Gasteiger partial charge in [-0.25, -0.2) is 13.4 Å². The van der Waals surface area contributed by atoms with E-state index in [0.29, 0.717) is 25.2 Å². The Hall–Kier alpha value is -1.71.